The van der Waals surface area contributed by atoms with E-state index >= 15 is 0 Å². The van der Waals surface area contributed by atoms with Crippen molar-refractivity contribution < 1.29 is 10.0 Å². The fourth-order valence-corrected chi connectivity index (χ4v) is 2.11. The van der Waals surface area contributed by atoms with Gasteiger partial charge in [-0.2, -0.15) is 5.06 Å². The molecule has 0 aromatic carbocycles. The Labute approximate surface area is 112 Å². The minimum Gasteiger partial charge on any atom is -0.354 e. The third kappa shape index (κ3) is 4.25. The second-order valence-corrected chi connectivity index (χ2v) is 6.62. The van der Waals surface area contributed by atoms with E-state index in [-0.39, 0.29) is 11.6 Å². The van der Waals surface area contributed by atoms with Crippen molar-refractivity contribution in [3.8, 4) is 0 Å². The summed E-state index contributed by atoms with van der Waals surface area (Å²) in [4.78, 5) is 10.4. The van der Waals surface area contributed by atoms with E-state index in [1.54, 1.807) is 0 Å². The highest BCUT2D eigenvalue weighted by Gasteiger charge is 2.51. The van der Waals surface area contributed by atoms with Crippen molar-refractivity contribution in [2.24, 2.45) is 5.92 Å². The summed E-state index contributed by atoms with van der Waals surface area (Å²) in [5.41, 5.74) is -0.672. The SMILES string of the molecule is CC1(C)CC(NC=O)C(C)(C)N1O.CCC(C)C. The Bertz CT molecular complexity index is 263. The van der Waals surface area contributed by atoms with Crippen LogP contribution in [0.4, 0.5) is 0 Å². The van der Waals surface area contributed by atoms with Crippen LogP contribution in [0.3, 0.4) is 0 Å². The zero-order chi connectivity index (χ0) is 14.6. The van der Waals surface area contributed by atoms with Gasteiger partial charge in [0.2, 0.25) is 6.41 Å². The van der Waals surface area contributed by atoms with Crippen molar-refractivity contribution in [2.45, 2.75) is 78.4 Å². The van der Waals surface area contributed by atoms with Crippen molar-refractivity contribution in [3.63, 3.8) is 0 Å². The third-order valence-corrected chi connectivity index (χ3v) is 3.76. The van der Waals surface area contributed by atoms with Gasteiger partial charge < -0.3 is 10.5 Å². The van der Waals surface area contributed by atoms with E-state index in [0.717, 1.165) is 12.3 Å². The molecule has 1 rings (SSSR count). The summed E-state index contributed by atoms with van der Waals surface area (Å²) in [6.07, 6.45) is 2.76. The quantitative estimate of drug-likeness (QED) is 0.765. The lowest BCUT2D eigenvalue weighted by Crippen LogP contribution is -2.51. The minimum absolute atomic E-state index is 0.00463. The average molecular weight is 258 g/mol. The molecule has 18 heavy (non-hydrogen) atoms. The highest BCUT2D eigenvalue weighted by molar-refractivity contribution is 5.47. The monoisotopic (exact) mass is 258 g/mol. The molecule has 1 heterocycles. The average Bonchev–Trinajstić information content (AvgIpc) is 2.41. The standard InChI is InChI=1S/C9H18N2O2.C5H12/c1-8(2)5-7(10-6-12)9(3,4)11(8)13;1-4-5(2)3/h6-7,13H,5H2,1-4H3,(H,10,12);5H,4H2,1-3H3. The van der Waals surface area contributed by atoms with Crippen molar-refractivity contribution in [2.75, 3.05) is 0 Å². The Morgan fingerprint density at radius 3 is 2.06 bits per heavy atom. The minimum atomic E-state index is -0.398. The lowest BCUT2D eigenvalue weighted by atomic mass is 9.95. The van der Waals surface area contributed by atoms with Crippen LogP contribution in [0.2, 0.25) is 0 Å². The summed E-state index contributed by atoms with van der Waals surface area (Å²) in [5.74, 6) is 0.884. The Hall–Kier alpha value is -0.610. The van der Waals surface area contributed by atoms with E-state index in [2.05, 4.69) is 26.1 Å². The van der Waals surface area contributed by atoms with Crippen LogP contribution in [-0.4, -0.2) is 33.8 Å². The number of carbonyl (C=O) groups is 1. The van der Waals surface area contributed by atoms with Crippen LogP contribution < -0.4 is 5.32 Å². The highest BCUT2D eigenvalue weighted by Crippen LogP contribution is 2.38. The first-order valence-corrected chi connectivity index (χ1v) is 6.78. The van der Waals surface area contributed by atoms with Crippen LogP contribution in [-0.2, 0) is 4.79 Å². The van der Waals surface area contributed by atoms with E-state index in [1.165, 1.54) is 11.5 Å². The van der Waals surface area contributed by atoms with E-state index < -0.39 is 5.54 Å². The van der Waals surface area contributed by atoms with E-state index in [4.69, 9.17) is 0 Å². The van der Waals surface area contributed by atoms with Gasteiger partial charge in [-0.15, -0.1) is 0 Å². The molecule has 1 saturated heterocycles. The van der Waals surface area contributed by atoms with Gasteiger partial charge in [0.05, 0.1) is 11.6 Å². The Kier molecular flexibility index (Phi) is 6.30. The van der Waals surface area contributed by atoms with Crippen molar-refractivity contribution in [3.05, 3.63) is 0 Å². The fraction of sp³-hybridized carbons (Fsp3) is 0.929. The van der Waals surface area contributed by atoms with Crippen molar-refractivity contribution in [1.82, 2.24) is 10.4 Å². The highest BCUT2D eigenvalue weighted by atomic mass is 16.5. The largest absolute Gasteiger partial charge is 0.354 e. The molecule has 2 N–H and O–H groups in total. The summed E-state index contributed by atoms with van der Waals surface area (Å²) in [6.45, 7) is 14.4. The predicted octanol–water partition coefficient (Wildman–Crippen LogP) is 2.81. The molecule has 0 saturated carbocycles. The molecule has 4 nitrogen and oxygen atoms in total. The fourth-order valence-electron chi connectivity index (χ4n) is 2.11. The molecule has 4 heteroatoms. The lowest BCUT2D eigenvalue weighted by Gasteiger charge is -2.35. The third-order valence-electron chi connectivity index (χ3n) is 3.76. The van der Waals surface area contributed by atoms with Crippen LogP contribution in [0.5, 0.6) is 0 Å². The Morgan fingerprint density at radius 2 is 1.83 bits per heavy atom. The maximum atomic E-state index is 10.4. The topological polar surface area (TPSA) is 52.6 Å². The molecule has 0 bridgehead atoms. The molecule has 0 aromatic heterocycles. The molecule has 1 atom stereocenters. The predicted molar refractivity (Wildman–Crippen MR) is 74.5 cm³/mol. The molecular formula is C14H30N2O2. The number of nitrogens with zero attached hydrogens (tertiary/aromatic N) is 1. The van der Waals surface area contributed by atoms with Crippen LogP contribution in [0, 0.1) is 5.92 Å². The maximum absolute atomic E-state index is 10.4. The number of rotatable bonds is 3. The summed E-state index contributed by atoms with van der Waals surface area (Å²) >= 11 is 0. The van der Waals surface area contributed by atoms with Crippen LogP contribution in [0.1, 0.15) is 61.3 Å². The summed E-state index contributed by atoms with van der Waals surface area (Å²) < 4.78 is 0. The molecule has 0 aliphatic carbocycles. The van der Waals surface area contributed by atoms with Gasteiger partial charge in [-0.1, -0.05) is 27.2 Å². The zero-order valence-corrected chi connectivity index (χ0v) is 12.9. The first-order chi connectivity index (χ1) is 8.09. The molecule has 0 radical (unpaired) electrons. The van der Waals surface area contributed by atoms with Gasteiger partial charge in [0.25, 0.3) is 0 Å². The Balaban J connectivity index is 0.000000494. The molecule has 1 aliphatic rings. The number of nitrogens with one attached hydrogen (secondary N) is 1. The second kappa shape index (κ2) is 6.53. The number of amides is 1. The zero-order valence-electron chi connectivity index (χ0n) is 12.9. The molecule has 1 fully saturated rings. The van der Waals surface area contributed by atoms with Gasteiger partial charge in [0.1, 0.15) is 0 Å². The summed E-state index contributed by atoms with van der Waals surface area (Å²) in [6, 6.07) is 0.00463. The van der Waals surface area contributed by atoms with E-state index in [0.29, 0.717) is 6.41 Å². The Morgan fingerprint density at radius 1 is 1.39 bits per heavy atom. The first-order valence-electron chi connectivity index (χ1n) is 6.78. The van der Waals surface area contributed by atoms with E-state index in [9.17, 15) is 10.0 Å². The van der Waals surface area contributed by atoms with E-state index in [1.807, 2.05) is 27.7 Å². The van der Waals surface area contributed by atoms with Gasteiger partial charge in [0.15, 0.2) is 0 Å². The lowest BCUT2D eigenvalue weighted by molar-refractivity contribution is -0.194. The number of hydroxylamine groups is 2. The van der Waals surface area contributed by atoms with Gasteiger partial charge in [-0.3, -0.25) is 4.79 Å². The number of carbonyl (C=O) groups excluding carboxylic acids is 1. The van der Waals surface area contributed by atoms with Crippen molar-refractivity contribution in [1.29, 1.82) is 0 Å². The van der Waals surface area contributed by atoms with Crippen molar-refractivity contribution >= 4 is 6.41 Å². The molecule has 1 amide bonds. The van der Waals surface area contributed by atoms with Gasteiger partial charge in [-0.25, -0.2) is 0 Å². The van der Waals surface area contributed by atoms with Gasteiger partial charge in [0, 0.05) is 5.54 Å². The first kappa shape index (κ1) is 17.4. The van der Waals surface area contributed by atoms with Crippen LogP contribution >= 0.6 is 0 Å². The molecule has 1 aliphatic heterocycles. The normalized spacial score (nSPS) is 25.5. The molecule has 0 aromatic rings. The molecule has 108 valence electrons. The van der Waals surface area contributed by atoms with Gasteiger partial charge >= 0.3 is 0 Å². The van der Waals surface area contributed by atoms with Gasteiger partial charge in [-0.05, 0) is 40.0 Å². The van der Waals surface area contributed by atoms with Crippen LogP contribution in [0.25, 0.3) is 0 Å². The molecule has 0 spiro atoms. The summed E-state index contributed by atoms with van der Waals surface area (Å²) in [5, 5.41) is 13.9. The second-order valence-electron chi connectivity index (χ2n) is 6.62. The molecular weight excluding hydrogens is 228 g/mol. The summed E-state index contributed by atoms with van der Waals surface area (Å²) in [7, 11) is 0. The smallest absolute Gasteiger partial charge is 0.207 e. The van der Waals surface area contributed by atoms with Crippen LogP contribution in [0.15, 0.2) is 0 Å². The number of hydrogen-bond donors (Lipinski definition) is 2. The molecule has 1 unspecified atom stereocenters. The number of hydrogen-bond acceptors (Lipinski definition) is 3. The maximum Gasteiger partial charge on any atom is 0.207 e.